The number of benzene rings is 1. The van der Waals surface area contributed by atoms with Crippen LogP contribution in [-0.4, -0.2) is 23.2 Å². The van der Waals surface area contributed by atoms with E-state index in [-0.39, 0.29) is 12.0 Å². The molecule has 4 nitrogen and oxygen atoms in total. The second-order valence-electron chi connectivity index (χ2n) is 3.90. The summed E-state index contributed by atoms with van der Waals surface area (Å²) in [5.74, 6) is -1.02. The van der Waals surface area contributed by atoms with Crippen molar-refractivity contribution in [2.75, 3.05) is 7.11 Å². The van der Waals surface area contributed by atoms with Crippen molar-refractivity contribution in [1.82, 2.24) is 4.98 Å². The number of rotatable bonds is 4. The second kappa shape index (κ2) is 5.48. The van der Waals surface area contributed by atoms with Gasteiger partial charge < -0.3 is 9.84 Å². The van der Waals surface area contributed by atoms with Crippen LogP contribution in [0, 0.1) is 5.82 Å². The molecule has 0 saturated carbocycles. The average molecular weight is 261 g/mol. The monoisotopic (exact) mass is 261 g/mol. The number of halogens is 1. The minimum Gasteiger partial charge on any atom is -0.494 e. The zero-order valence-electron chi connectivity index (χ0n) is 10.3. The molecule has 19 heavy (non-hydrogen) atoms. The molecule has 2 rings (SSSR count). The summed E-state index contributed by atoms with van der Waals surface area (Å²) < 4.78 is 18.9. The van der Waals surface area contributed by atoms with E-state index in [1.54, 1.807) is 30.3 Å². The van der Waals surface area contributed by atoms with Crippen LogP contribution in [0.1, 0.15) is 5.69 Å². The first kappa shape index (κ1) is 13.0. The second-order valence-corrected chi connectivity index (χ2v) is 3.90. The fourth-order valence-electron chi connectivity index (χ4n) is 1.75. The summed E-state index contributed by atoms with van der Waals surface area (Å²) in [7, 11) is 1.46. The Morgan fingerprint density at radius 2 is 2.05 bits per heavy atom. The molecule has 0 spiro atoms. The van der Waals surface area contributed by atoms with E-state index in [0.717, 1.165) is 0 Å². The lowest BCUT2D eigenvalue weighted by atomic mass is 10.1. The van der Waals surface area contributed by atoms with Crippen LogP contribution in [0.4, 0.5) is 4.39 Å². The van der Waals surface area contributed by atoms with Crippen molar-refractivity contribution in [1.29, 1.82) is 0 Å². The van der Waals surface area contributed by atoms with Gasteiger partial charge in [-0.1, -0.05) is 12.1 Å². The van der Waals surface area contributed by atoms with Crippen molar-refractivity contribution in [3.63, 3.8) is 0 Å². The third-order valence-corrected chi connectivity index (χ3v) is 2.60. The van der Waals surface area contributed by atoms with Gasteiger partial charge in [-0.15, -0.1) is 0 Å². The van der Waals surface area contributed by atoms with Crippen molar-refractivity contribution in [3.8, 4) is 17.0 Å². The topological polar surface area (TPSA) is 59.4 Å². The molecule has 1 N–H and O–H groups in total. The Balaban J connectivity index is 2.53. The van der Waals surface area contributed by atoms with Gasteiger partial charge >= 0.3 is 5.97 Å². The van der Waals surface area contributed by atoms with E-state index in [9.17, 15) is 9.18 Å². The maximum Gasteiger partial charge on any atom is 0.309 e. The molecule has 1 aromatic carbocycles. The number of ether oxygens (including phenoxy) is 1. The third-order valence-electron chi connectivity index (χ3n) is 2.60. The van der Waals surface area contributed by atoms with Gasteiger partial charge in [0.25, 0.3) is 0 Å². The Morgan fingerprint density at radius 3 is 2.68 bits per heavy atom. The van der Waals surface area contributed by atoms with Gasteiger partial charge in [-0.3, -0.25) is 4.79 Å². The molecule has 0 aliphatic carbocycles. The van der Waals surface area contributed by atoms with Gasteiger partial charge in [0.15, 0.2) is 0 Å². The highest BCUT2D eigenvalue weighted by atomic mass is 19.1. The predicted molar refractivity (Wildman–Crippen MR) is 67.5 cm³/mol. The highest BCUT2D eigenvalue weighted by Crippen LogP contribution is 2.30. The zero-order valence-corrected chi connectivity index (χ0v) is 10.3. The molecule has 0 atom stereocenters. The van der Waals surface area contributed by atoms with E-state index >= 15 is 0 Å². The van der Waals surface area contributed by atoms with Gasteiger partial charge in [0, 0.05) is 5.56 Å². The lowest BCUT2D eigenvalue weighted by Gasteiger charge is -2.10. The van der Waals surface area contributed by atoms with Gasteiger partial charge in [0.1, 0.15) is 17.3 Å². The van der Waals surface area contributed by atoms with Crippen molar-refractivity contribution < 1.29 is 19.0 Å². The molecular formula is C14H12FNO3. The summed E-state index contributed by atoms with van der Waals surface area (Å²) in [6.45, 7) is 0. The van der Waals surface area contributed by atoms with Crippen molar-refractivity contribution in [2.24, 2.45) is 0 Å². The van der Waals surface area contributed by atoms with Gasteiger partial charge in [-0.2, -0.15) is 0 Å². The van der Waals surface area contributed by atoms with Crippen molar-refractivity contribution in [2.45, 2.75) is 6.42 Å². The first-order chi connectivity index (χ1) is 9.11. The molecule has 1 aromatic heterocycles. The number of hydrogen-bond donors (Lipinski definition) is 1. The van der Waals surface area contributed by atoms with E-state index in [1.807, 2.05) is 0 Å². The van der Waals surface area contributed by atoms with Crippen LogP contribution >= 0.6 is 0 Å². The molecule has 0 bridgehead atoms. The number of hydrogen-bond acceptors (Lipinski definition) is 3. The minimum atomic E-state index is -0.989. The molecule has 0 unspecified atom stereocenters. The average Bonchev–Trinajstić information content (AvgIpc) is 2.38. The molecule has 0 fully saturated rings. The van der Waals surface area contributed by atoms with E-state index < -0.39 is 11.8 Å². The predicted octanol–water partition coefficient (Wildman–Crippen LogP) is 2.52. The van der Waals surface area contributed by atoms with Crippen LogP contribution in [0.2, 0.25) is 0 Å². The summed E-state index contributed by atoms with van der Waals surface area (Å²) in [5, 5.41) is 8.76. The minimum absolute atomic E-state index is 0.217. The van der Waals surface area contributed by atoms with Gasteiger partial charge in [0.2, 0.25) is 0 Å². The quantitative estimate of drug-likeness (QED) is 0.918. The molecule has 0 aliphatic rings. The Morgan fingerprint density at radius 1 is 1.32 bits per heavy atom. The molecule has 2 aromatic rings. The van der Waals surface area contributed by atoms with Crippen LogP contribution in [0.25, 0.3) is 11.3 Å². The van der Waals surface area contributed by atoms with E-state index in [2.05, 4.69) is 4.98 Å². The molecule has 5 heteroatoms. The summed E-state index contributed by atoms with van der Waals surface area (Å²) in [4.78, 5) is 14.9. The first-order valence-corrected chi connectivity index (χ1v) is 5.62. The number of carboxylic acid groups (broad SMARTS) is 1. The summed E-state index contributed by atoms with van der Waals surface area (Å²) in [6, 6.07) is 9.30. The summed E-state index contributed by atoms with van der Waals surface area (Å²) in [5.41, 5.74) is 0.942. The van der Waals surface area contributed by atoms with Gasteiger partial charge in [-0.25, -0.2) is 9.37 Å². The normalized spacial score (nSPS) is 10.2. The molecular weight excluding hydrogens is 249 g/mol. The number of aliphatic carboxylic acids is 1. The largest absolute Gasteiger partial charge is 0.494 e. The smallest absolute Gasteiger partial charge is 0.309 e. The molecule has 0 radical (unpaired) electrons. The van der Waals surface area contributed by atoms with Crippen molar-refractivity contribution >= 4 is 5.97 Å². The lowest BCUT2D eigenvalue weighted by Crippen LogP contribution is -2.04. The van der Waals surface area contributed by atoms with E-state index in [1.165, 1.54) is 13.2 Å². The summed E-state index contributed by atoms with van der Waals surface area (Å²) >= 11 is 0. The zero-order chi connectivity index (χ0) is 13.8. The van der Waals surface area contributed by atoms with E-state index in [4.69, 9.17) is 9.84 Å². The summed E-state index contributed by atoms with van der Waals surface area (Å²) in [6.07, 6.45) is -0.217. The Bertz CT molecular complexity index is 613. The Kier molecular flexibility index (Phi) is 3.75. The van der Waals surface area contributed by atoms with E-state index in [0.29, 0.717) is 17.1 Å². The molecule has 0 amide bonds. The first-order valence-electron chi connectivity index (χ1n) is 5.62. The van der Waals surface area contributed by atoms with Crippen LogP contribution in [0.5, 0.6) is 5.75 Å². The van der Waals surface area contributed by atoms with Gasteiger partial charge in [0.05, 0.1) is 19.2 Å². The Hall–Kier alpha value is -2.43. The fraction of sp³-hybridized carbons (Fsp3) is 0.143. The van der Waals surface area contributed by atoms with Crippen LogP contribution < -0.4 is 4.74 Å². The number of methoxy groups -OCH3 is 1. The number of carbonyl (C=O) groups is 1. The van der Waals surface area contributed by atoms with Gasteiger partial charge in [-0.05, 0) is 24.3 Å². The van der Waals surface area contributed by atoms with Crippen LogP contribution in [0.3, 0.4) is 0 Å². The van der Waals surface area contributed by atoms with Crippen LogP contribution in [0.15, 0.2) is 36.4 Å². The Labute approximate surface area is 109 Å². The third kappa shape index (κ3) is 2.88. The standard InChI is InChI=1S/C14H12FNO3/c1-19-12-7-6-9(8-13(17)18)16-14(12)10-4-2-3-5-11(10)15/h2-7H,8H2,1H3,(H,17,18). The SMILES string of the molecule is COc1ccc(CC(=O)O)nc1-c1ccccc1F. The fourth-order valence-corrected chi connectivity index (χ4v) is 1.75. The molecule has 0 saturated heterocycles. The lowest BCUT2D eigenvalue weighted by molar-refractivity contribution is -0.136. The number of aromatic nitrogens is 1. The maximum atomic E-state index is 13.8. The van der Waals surface area contributed by atoms with Crippen molar-refractivity contribution in [3.05, 3.63) is 47.9 Å². The number of pyridine rings is 1. The highest BCUT2D eigenvalue weighted by Gasteiger charge is 2.13. The molecule has 1 heterocycles. The molecule has 98 valence electrons. The number of nitrogens with zero attached hydrogens (tertiary/aromatic N) is 1. The van der Waals surface area contributed by atoms with Crippen LogP contribution in [-0.2, 0) is 11.2 Å². The highest BCUT2D eigenvalue weighted by molar-refractivity contribution is 5.71. The maximum absolute atomic E-state index is 13.8. The molecule has 0 aliphatic heterocycles. The number of carboxylic acids is 1.